The number of hydrogen-bond donors (Lipinski definition) is 2. The van der Waals surface area contributed by atoms with Crippen LogP contribution in [0, 0.1) is 17.5 Å². The van der Waals surface area contributed by atoms with Crippen LogP contribution in [-0.4, -0.2) is 11.1 Å². The molecule has 2 aromatic rings. The normalized spacial score (nSPS) is 10.3. The second-order valence-electron chi connectivity index (χ2n) is 4.07. The van der Waals surface area contributed by atoms with Crippen molar-refractivity contribution in [3.8, 4) is 0 Å². The summed E-state index contributed by atoms with van der Waals surface area (Å²) in [5.74, 6) is -4.24. The molecule has 0 saturated heterocycles. The predicted octanol–water partition coefficient (Wildman–Crippen LogP) is 3.41. The number of rotatable bonds is 4. The average molecular weight is 281 g/mol. The highest BCUT2D eigenvalue weighted by Crippen LogP contribution is 2.20. The number of aromatic carboxylic acids is 1. The van der Waals surface area contributed by atoms with Crippen LogP contribution < -0.4 is 5.32 Å². The highest BCUT2D eigenvalue weighted by molar-refractivity contribution is 5.94. The Morgan fingerprint density at radius 3 is 2.45 bits per heavy atom. The van der Waals surface area contributed by atoms with E-state index in [9.17, 15) is 18.0 Å². The lowest BCUT2D eigenvalue weighted by Crippen LogP contribution is -2.08. The van der Waals surface area contributed by atoms with Gasteiger partial charge in [0.2, 0.25) is 0 Å². The summed E-state index contributed by atoms with van der Waals surface area (Å²) in [4.78, 5) is 11.0. The third-order valence-corrected chi connectivity index (χ3v) is 2.69. The van der Waals surface area contributed by atoms with E-state index < -0.39 is 29.0 Å². The molecule has 2 aromatic carbocycles. The van der Waals surface area contributed by atoms with Crippen molar-refractivity contribution in [2.24, 2.45) is 0 Å². The fourth-order valence-electron chi connectivity index (χ4n) is 1.74. The van der Waals surface area contributed by atoms with E-state index in [1.165, 1.54) is 18.2 Å². The molecule has 0 radical (unpaired) electrons. The lowest BCUT2D eigenvalue weighted by Gasteiger charge is -2.10. The summed E-state index contributed by atoms with van der Waals surface area (Å²) in [7, 11) is 0. The molecular weight excluding hydrogens is 271 g/mol. The molecule has 0 aliphatic rings. The monoisotopic (exact) mass is 281 g/mol. The molecule has 2 N–H and O–H groups in total. The van der Waals surface area contributed by atoms with Gasteiger partial charge in [-0.1, -0.05) is 12.1 Å². The Labute approximate surface area is 112 Å². The van der Waals surface area contributed by atoms with Gasteiger partial charge in [0, 0.05) is 6.54 Å². The van der Waals surface area contributed by atoms with Gasteiger partial charge < -0.3 is 10.4 Å². The highest BCUT2D eigenvalue weighted by atomic mass is 19.2. The van der Waals surface area contributed by atoms with Crippen LogP contribution in [0.15, 0.2) is 36.4 Å². The molecule has 0 bridgehead atoms. The van der Waals surface area contributed by atoms with Crippen molar-refractivity contribution < 1.29 is 23.1 Å². The Hall–Kier alpha value is -2.50. The molecule has 0 heterocycles. The maximum absolute atomic E-state index is 13.4. The molecule has 0 amide bonds. The van der Waals surface area contributed by atoms with Crippen LogP contribution >= 0.6 is 0 Å². The van der Waals surface area contributed by atoms with Crippen molar-refractivity contribution in [1.29, 1.82) is 0 Å². The Morgan fingerprint density at radius 2 is 1.80 bits per heavy atom. The molecule has 0 atom stereocenters. The quantitative estimate of drug-likeness (QED) is 0.902. The Kier molecular flexibility index (Phi) is 3.93. The van der Waals surface area contributed by atoms with Crippen molar-refractivity contribution in [1.82, 2.24) is 0 Å². The number of carboxylic acids is 1. The first-order valence-electron chi connectivity index (χ1n) is 5.68. The van der Waals surface area contributed by atoms with Crippen molar-refractivity contribution in [3.63, 3.8) is 0 Å². The molecule has 6 heteroatoms. The Bertz CT molecular complexity index is 659. The van der Waals surface area contributed by atoms with Crippen molar-refractivity contribution in [2.45, 2.75) is 6.54 Å². The second kappa shape index (κ2) is 5.64. The molecule has 20 heavy (non-hydrogen) atoms. The number of carbonyl (C=O) groups is 1. The molecular formula is C14H10F3NO2. The Balaban J connectivity index is 2.21. The molecule has 0 fully saturated rings. The van der Waals surface area contributed by atoms with E-state index in [1.54, 1.807) is 0 Å². The maximum Gasteiger partial charge on any atom is 0.340 e. The first-order valence-corrected chi connectivity index (χ1v) is 5.68. The van der Waals surface area contributed by atoms with Crippen molar-refractivity contribution in [2.75, 3.05) is 5.32 Å². The zero-order valence-electron chi connectivity index (χ0n) is 10.2. The van der Waals surface area contributed by atoms with Crippen molar-refractivity contribution >= 4 is 11.7 Å². The van der Waals surface area contributed by atoms with Gasteiger partial charge in [0.15, 0.2) is 11.6 Å². The minimum absolute atomic E-state index is 0.0426. The minimum atomic E-state index is -1.41. The van der Waals surface area contributed by atoms with E-state index in [-0.39, 0.29) is 12.2 Å². The fourth-order valence-corrected chi connectivity index (χ4v) is 1.74. The zero-order valence-corrected chi connectivity index (χ0v) is 10.2. The van der Waals surface area contributed by atoms with Gasteiger partial charge in [0.05, 0.1) is 5.69 Å². The topological polar surface area (TPSA) is 49.3 Å². The van der Waals surface area contributed by atoms with Gasteiger partial charge in [0.25, 0.3) is 0 Å². The van der Waals surface area contributed by atoms with Gasteiger partial charge in [-0.25, -0.2) is 18.0 Å². The standard InChI is InChI=1S/C14H10F3NO2/c15-9-5-4-8(6-11(9)17)7-18-12-3-1-2-10(16)13(12)14(19)20/h1-6,18H,7H2,(H,19,20). The van der Waals surface area contributed by atoms with Crippen molar-refractivity contribution in [3.05, 3.63) is 65.0 Å². The van der Waals surface area contributed by atoms with Crippen LogP contribution in [0.4, 0.5) is 18.9 Å². The van der Waals surface area contributed by atoms with Crippen LogP contribution in [0.2, 0.25) is 0 Å². The molecule has 3 nitrogen and oxygen atoms in total. The maximum atomic E-state index is 13.4. The van der Waals surface area contributed by atoms with E-state index >= 15 is 0 Å². The summed E-state index contributed by atoms with van der Waals surface area (Å²) < 4.78 is 39.2. The van der Waals surface area contributed by atoms with Gasteiger partial charge in [-0.2, -0.15) is 0 Å². The highest BCUT2D eigenvalue weighted by Gasteiger charge is 2.15. The van der Waals surface area contributed by atoms with Gasteiger partial charge in [0.1, 0.15) is 11.4 Å². The fraction of sp³-hybridized carbons (Fsp3) is 0.0714. The smallest absolute Gasteiger partial charge is 0.340 e. The van der Waals surface area contributed by atoms with E-state index in [0.29, 0.717) is 5.56 Å². The molecule has 0 spiro atoms. The molecule has 0 saturated carbocycles. The number of benzene rings is 2. The summed E-state index contributed by atoms with van der Waals surface area (Å²) in [6.45, 7) is 0.0426. The van der Waals surface area contributed by atoms with E-state index in [4.69, 9.17) is 5.11 Å². The summed E-state index contributed by atoms with van der Waals surface area (Å²) in [5, 5.41) is 11.6. The number of nitrogens with one attached hydrogen (secondary N) is 1. The SMILES string of the molecule is O=C(O)c1c(F)cccc1NCc1ccc(F)c(F)c1. The summed E-state index contributed by atoms with van der Waals surface area (Å²) >= 11 is 0. The lowest BCUT2D eigenvalue weighted by atomic mass is 10.1. The molecule has 0 aliphatic heterocycles. The van der Waals surface area contributed by atoms with Crippen LogP contribution in [0.5, 0.6) is 0 Å². The van der Waals surface area contributed by atoms with Gasteiger partial charge in [-0.3, -0.25) is 0 Å². The van der Waals surface area contributed by atoms with Crippen LogP contribution in [0.1, 0.15) is 15.9 Å². The average Bonchev–Trinajstić information content (AvgIpc) is 2.39. The van der Waals surface area contributed by atoms with E-state index in [1.807, 2.05) is 0 Å². The first-order chi connectivity index (χ1) is 9.49. The summed E-state index contributed by atoms with van der Waals surface area (Å²) in [6, 6.07) is 7.09. The summed E-state index contributed by atoms with van der Waals surface area (Å²) in [6.07, 6.45) is 0. The lowest BCUT2D eigenvalue weighted by molar-refractivity contribution is 0.0693. The molecule has 0 aromatic heterocycles. The third-order valence-electron chi connectivity index (χ3n) is 2.69. The van der Waals surface area contributed by atoms with Crippen LogP contribution in [0.25, 0.3) is 0 Å². The predicted molar refractivity (Wildman–Crippen MR) is 67.0 cm³/mol. The largest absolute Gasteiger partial charge is 0.478 e. The molecule has 104 valence electrons. The summed E-state index contributed by atoms with van der Waals surface area (Å²) in [5.41, 5.74) is -0.0122. The minimum Gasteiger partial charge on any atom is -0.478 e. The van der Waals surface area contributed by atoms with Gasteiger partial charge >= 0.3 is 5.97 Å². The molecule has 0 aliphatic carbocycles. The second-order valence-corrected chi connectivity index (χ2v) is 4.07. The number of carboxylic acid groups (broad SMARTS) is 1. The molecule has 2 rings (SSSR count). The van der Waals surface area contributed by atoms with Crippen LogP contribution in [-0.2, 0) is 6.54 Å². The zero-order chi connectivity index (χ0) is 14.7. The van der Waals surface area contributed by atoms with E-state index in [0.717, 1.165) is 18.2 Å². The van der Waals surface area contributed by atoms with Gasteiger partial charge in [-0.05, 0) is 29.8 Å². The third kappa shape index (κ3) is 2.90. The first kappa shape index (κ1) is 13.9. The Morgan fingerprint density at radius 1 is 1.05 bits per heavy atom. The number of halogens is 3. The van der Waals surface area contributed by atoms with Crippen LogP contribution in [0.3, 0.4) is 0 Å². The van der Waals surface area contributed by atoms with Gasteiger partial charge in [-0.15, -0.1) is 0 Å². The molecule has 0 unspecified atom stereocenters. The van der Waals surface area contributed by atoms with E-state index in [2.05, 4.69) is 5.32 Å². The number of anilines is 1. The number of hydrogen-bond acceptors (Lipinski definition) is 2.